The number of aliphatic hydroxyl groups excluding tert-OH is 4. The Kier molecular flexibility index (Phi) is 7.77. The van der Waals surface area contributed by atoms with Gasteiger partial charge in [0.1, 0.15) is 42.4 Å². The van der Waals surface area contributed by atoms with Crippen molar-refractivity contribution in [3.8, 4) is 5.75 Å². The van der Waals surface area contributed by atoms with Crippen LogP contribution in [0.2, 0.25) is 5.02 Å². The highest BCUT2D eigenvalue weighted by molar-refractivity contribution is 6.31. The first-order valence-corrected chi connectivity index (χ1v) is 11.7. The van der Waals surface area contributed by atoms with E-state index in [-0.39, 0.29) is 12.0 Å². The van der Waals surface area contributed by atoms with Crippen LogP contribution in [0.1, 0.15) is 36.1 Å². The van der Waals surface area contributed by atoms with Crippen molar-refractivity contribution in [2.24, 2.45) is 0 Å². The summed E-state index contributed by atoms with van der Waals surface area (Å²) < 4.78 is 11.7. The number of halogens is 1. The standard InChI is InChI=1S/C25H30ClNO7/c1-14(29)27-9-8-19(12-27)33-18-5-2-15(3-6-18)10-17-11-16(4-7-20(17)26)25-24(32)23(31)22(30)21(13-28)34-25/h2-7,11,19,21-25,28,30-32H,8-10,12-13H2,1H3/t19?,21-,22-,23+,24-,25+/m1/s1. The number of amides is 1. The molecule has 0 saturated carbocycles. The summed E-state index contributed by atoms with van der Waals surface area (Å²) in [5.41, 5.74) is 2.39. The molecule has 1 amide bonds. The molecule has 34 heavy (non-hydrogen) atoms. The van der Waals surface area contributed by atoms with E-state index in [4.69, 9.17) is 21.1 Å². The second-order valence-corrected chi connectivity index (χ2v) is 9.32. The molecular weight excluding hydrogens is 462 g/mol. The van der Waals surface area contributed by atoms with Crippen molar-refractivity contribution in [3.05, 3.63) is 64.2 Å². The van der Waals surface area contributed by atoms with Crippen LogP contribution < -0.4 is 4.74 Å². The van der Waals surface area contributed by atoms with Crippen molar-refractivity contribution in [1.29, 1.82) is 0 Å². The maximum atomic E-state index is 11.5. The fraction of sp³-hybridized carbons (Fsp3) is 0.480. The molecule has 2 saturated heterocycles. The Hall–Kier alpha value is -2.20. The van der Waals surface area contributed by atoms with Gasteiger partial charge in [0.2, 0.25) is 5.91 Å². The number of aliphatic hydroxyl groups is 4. The molecule has 0 aromatic heterocycles. The summed E-state index contributed by atoms with van der Waals surface area (Å²) in [5, 5.41) is 40.6. The Balaban J connectivity index is 1.44. The summed E-state index contributed by atoms with van der Waals surface area (Å²) >= 11 is 6.42. The van der Waals surface area contributed by atoms with E-state index in [9.17, 15) is 25.2 Å². The van der Waals surface area contributed by atoms with Gasteiger partial charge in [-0.3, -0.25) is 4.79 Å². The summed E-state index contributed by atoms with van der Waals surface area (Å²) in [7, 11) is 0. The minimum atomic E-state index is -1.44. The summed E-state index contributed by atoms with van der Waals surface area (Å²) in [6.45, 7) is 2.39. The lowest BCUT2D eigenvalue weighted by Crippen LogP contribution is -2.55. The molecule has 8 nitrogen and oxygen atoms in total. The third-order valence-electron chi connectivity index (χ3n) is 6.50. The smallest absolute Gasteiger partial charge is 0.219 e. The van der Waals surface area contributed by atoms with Gasteiger partial charge in [0.05, 0.1) is 13.2 Å². The number of ether oxygens (including phenoxy) is 2. The molecule has 0 radical (unpaired) electrons. The maximum Gasteiger partial charge on any atom is 0.219 e. The van der Waals surface area contributed by atoms with Crippen LogP contribution >= 0.6 is 11.6 Å². The highest BCUT2D eigenvalue weighted by Crippen LogP contribution is 2.34. The van der Waals surface area contributed by atoms with E-state index in [1.165, 1.54) is 0 Å². The predicted octanol–water partition coefficient (Wildman–Crippen LogP) is 1.45. The topological polar surface area (TPSA) is 120 Å². The van der Waals surface area contributed by atoms with Crippen LogP contribution in [0.15, 0.2) is 42.5 Å². The Labute approximate surface area is 203 Å². The van der Waals surface area contributed by atoms with E-state index in [2.05, 4.69) is 0 Å². The third kappa shape index (κ3) is 5.38. The number of rotatable bonds is 6. The van der Waals surface area contributed by atoms with Crippen LogP contribution in [0.5, 0.6) is 5.75 Å². The zero-order valence-electron chi connectivity index (χ0n) is 18.9. The van der Waals surface area contributed by atoms with Gasteiger partial charge in [-0.15, -0.1) is 0 Å². The lowest BCUT2D eigenvalue weighted by atomic mass is 9.90. The molecule has 2 heterocycles. The Morgan fingerprint density at radius 3 is 2.50 bits per heavy atom. The number of carbonyl (C=O) groups excluding carboxylic acids is 1. The van der Waals surface area contributed by atoms with Gasteiger partial charge in [-0.1, -0.05) is 35.9 Å². The van der Waals surface area contributed by atoms with Gasteiger partial charge in [0.15, 0.2) is 0 Å². The van der Waals surface area contributed by atoms with Crippen molar-refractivity contribution in [2.45, 2.75) is 56.4 Å². The zero-order chi connectivity index (χ0) is 24.4. The van der Waals surface area contributed by atoms with Crippen LogP contribution in [0.3, 0.4) is 0 Å². The maximum absolute atomic E-state index is 11.5. The molecule has 0 bridgehead atoms. The van der Waals surface area contributed by atoms with Crippen LogP contribution in [0.4, 0.5) is 0 Å². The molecular formula is C25H30ClNO7. The summed E-state index contributed by atoms with van der Waals surface area (Å²) in [5.74, 6) is 0.796. The van der Waals surface area contributed by atoms with Gasteiger partial charge in [-0.25, -0.2) is 0 Å². The van der Waals surface area contributed by atoms with Crippen molar-refractivity contribution < 1.29 is 34.7 Å². The van der Waals surface area contributed by atoms with Crippen molar-refractivity contribution in [3.63, 3.8) is 0 Å². The molecule has 2 aromatic carbocycles. The van der Waals surface area contributed by atoms with Crippen molar-refractivity contribution in [2.75, 3.05) is 19.7 Å². The van der Waals surface area contributed by atoms with Crippen LogP contribution in [0, 0.1) is 0 Å². The first-order valence-electron chi connectivity index (χ1n) is 11.4. The first kappa shape index (κ1) is 24.9. The van der Waals surface area contributed by atoms with Gasteiger partial charge >= 0.3 is 0 Å². The van der Waals surface area contributed by atoms with Gasteiger partial charge in [-0.2, -0.15) is 0 Å². The molecule has 6 atom stereocenters. The Morgan fingerprint density at radius 2 is 1.85 bits per heavy atom. The molecule has 2 fully saturated rings. The van der Waals surface area contributed by atoms with E-state index in [1.807, 2.05) is 24.3 Å². The minimum Gasteiger partial charge on any atom is -0.489 e. The van der Waals surface area contributed by atoms with E-state index in [0.29, 0.717) is 30.1 Å². The normalized spacial score (nSPS) is 29.3. The lowest BCUT2D eigenvalue weighted by Gasteiger charge is -2.40. The fourth-order valence-electron chi connectivity index (χ4n) is 4.49. The van der Waals surface area contributed by atoms with Crippen LogP contribution in [-0.4, -0.2) is 81.4 Å². The third-order valence-corrected chi connectivity index (χ3v) is 6.87. The molecule has 1 unspecified atom stereocenters. The van der Waals surface area contributed by atoms with Crippen LogP contribution in [0.25, 0.3) is 0 Å². The largest absolute Gasteiger partial charge is 0.489 e. The Morgan fingerprint density at radius 1 is 1.12 bits per heavy atom. The molecule has 184 valence electrons. The first-order chi connectivity index (χ1) is 16.3. The summed E-state index contributed by atoms with van der Waals surface area (Å²) in [4.78, 5) is 13.3. The monoisotopic (exact) mass is 491 g/mol. The molecule has 2 aliphatic rings. The second kappa shape index (κ2) is 10.6. The lowest BCUT2D eigenvalue weighted by molar-refractivity contribution is -0.231. The highest BCUT2D eigenvalue weighted by atomic mass is 35.5. The van der Waals surface area contributed by atoms with E-state index < -0.39 is 37.1 Å². The molecule has 4 N–H and O–H groups in total. The average molecular weight is 492 g/mol. The molecule has 9 heteroatoms. The number of hydrogen-bond acceptors (Lipinski definition) is 7. The van der Waals surface area contributed by atoms with Crippen LogP contribution in [-0.2, 0) is 16.0 Å². The van der Waals surface area contributed by atoms with Gasteiger partial charge in [-0.05, 0) is 41.3 Å². The van der Waals surface area contributed by atoms with E-state index in [0.717, 1.165) is 23.3 Å². The van der Waals surface area contributed by atoms with Crippen molar-refractivity contribution >= 4 is 17.5 Å². The quantitative estimate of drug-likeness (QED) is 0.482. The Bertz CT molecular complexity index is 999. The number of carbonyl (C=O) groups is 1. The zero-order valence-corrected chi connectivity index (χ0v) is 19.6. The van der Waals surface area contributed by atoms with E-state index in [1.54, 1.807) is 30.0 Å². The number of hydrogen-bond donors (Lipinski definition) is 4. The molecule has 2 aromatic rings. The van der Waals surface area contributed by atoms with Gasteiger partial charge < -0.3 is 34.8 Å². The summed E-state index contributed by atoms with van der Waals surface area (Å²) in [6, 6.07) is 12.9. The molecule has 0 spiro atoms. The number of benzene rings is 2. The average Bonchev–Trinajstić information content (AvgIpc) is 3.29. The molecule has 4 rings (SSSR count). The van der Waals surface area contributed by atoms with E-state index >= 15 is 0 Å². The number of likely N-dealkylation sites (tertiary alicyclic amines) is 1. The predicted molar refractivity (Wildman–Crippen MR) is 125 cm³/mol. The van der Waals surface area contributed by atoms with Gasteiger partial charge in [0.25, 0.3) is 0 Å². The minimum absolute atomic E-state index is 0.0144. The molecule has 0 aliphatic carbocycles. The highest BCUT2D eigenvalue weighted by Gasteiger charge is 2.44. The summed E-state index contributed by atoms with van der Waals surface area (Å²) in [6.07, 6.45) is -4.77. The SMILES string of the molecule is CC(=O)N1CCC(Oc2ccc(Cc3cc([C@@H]4O[C@H](CO)[C@@H](O)[C@H](O)[C@H]4O)ccc3Cl)cc2)C1. The fourth-order valence-corrected chi connectivity index (χ4v) is 4.68. The second-order valence-electron chi connectivity index (χ2n) is 8.91. The van der Waals surface area contributed by atoms with Gasteiger partial charge in [0, 0.05) is 24.9 Å². The van der Waals surface area contributed by atoms with Crippen molar-refractivity contribution in [1.82, 2.24) is 4.90 Å². The number of nitrogens with zero attached hydrogens (tertiary/aromatic N) is 1. The molecule has 2 aliphatic heterocycles.